The van der Waals surface area contributed by atoms with Crippen molar-refractivity contribution in [2.75, 3.05) is 0 Å². The van der Waals surface area contributed by atoms with E-state index in [1.54, 1.807) is 0 Å². The molecule has 0 heterocycles. The topological polar surface area (TPSA) is 29.5 Å². The van der Waals surface area contributed by atoms with Crippen LogP contribution in [0.3, 0.4) is 0 Å². The van der Waals surface area contributed by atoms with Crippen molar-refractivity contribution in [1.29, 1.82) is 0 Å². The van der Waals surface area contributed by atoms with Gasteiger partial charge >= 0.3 is 0 Å². The summed E-state index contributed by atoms with van der Waals surface area (Å²) in [5.41, 5.74) is 0.606. The van der Waals surface area contributed by atoms with E-state index >= 15 is 0 Å². The zero-order valence-corrected chi connectivity index (χ0v) is 10.7. The molecule has 1 atom stereocenters. The number of rotatable bonds is 4. The average Bonchev–Trinajstić information content (AvgIpc) is 2.40. The molecule has 0 aromatic heterocycles. The molecule has 20 heavy (non-hydrogen) atoms. The van der Waals surface area contributed by atoms with Crippen LogP contribution in [0.2, 0.25) is 0 Å². The molecule has 0 saturated heterocycles. The molecule has 0 bridgehead atoms. The molecular weight excluding hydrogens is 269 g/mol. The maximum atomic E-state index is 13.6. The van der Waals surface area contributed by atoms with Crippen LogP contribution in [0.1, 0.15) is 24.2 Å². The standard InChI is InChI=1S/C15H13F3O2/c1-9(19)12-4-3-11(7-14(12)17)20-8-10-2-5-13(16)15(18)6-10/h2-7,9,19H,8H2,1H3/t9-/m0/s1. The summed E-state index contributed by atoms with van der Waals surface area (Å²) in [5, 5.41) is 9.30. The first-order valence-electron chi connectivity index (χ1n) is 6.01. The Kier molecular flexibility index (Phi) is 4.29. The highest BCUT2D eigenvalue weighted by atomic mass is 19.2. The molecule has 2 aromatic rings. The summed E-state index contributed by atoms with van der Waals surface area (Å²) >= 11 is 0. The SMILES string of the molecule is C[C@H](O)c1ccc(OCc2ccc(F)c(F)c2)cc1F. The summed E-state index contributed by atoms with van der Waals surface area (Å²) in [6.07, 6.45) is -0.907. The van der Waals surface area contributed by atoms with Crippen LogP contribution in [-0.4, -0.2) is 5.11 Å². The number of aliphatic hydroxyl groups excluding tert-OH is 1. The van der Waals surface area contributed by atoms with Crippen molar-refractivity contribution < 1.29 is 23.0 Å². The normalized spacial score (nSPS) is 12.2. The maximum absolute atomic E-state index is 13.6. The van der Waals surface area contributed by atoms with Crippen molar-refractivity contribution in [2.24, 2.45) is 0 Å². The molecule has 0 aliphatic carbocycles. The van der Waals surface area contributed by atoms with Gasteiger partial charge in [0, 0.05) is 11.6 Å². The van der Waals surface area contributed by atoms with E-state index in [2.05, 4.69) is 0 Å². The van der Waals surface area contributed by atoms with Crippen LogP contribution in [0.5, 0.6) is 5.75 Å². The van der Waals surface area contributed by atoms with Gasteiger partial charge in [0.2, 0.25) is 0 Å². The number of ether oxygens (including phenoxy) is 1. The second-order valence-corrected chi connectivity index (χ2v) is 4.40. The van der Waals surface area contributed by atoms with E-state index in [1.165, 1.54) is 25.1 Å². The number of hydrogen-bond acceptors (Lipinski definition) is 2. The van der Waals surface area contributed by atoms with E-state index in [0.717, 1.165) is 18.2 Å². The zero-order valence-electron chi connectivity index (χ0n) is 10.7. The van der Waals surface area contributed by atoms with Gasteiger partial charge < -0.3 is 9.84 Å². The summed E-state index contributed by atoms with van der Waals surface area (Å²) in [7, 11) is 0. The highest BCUT2D eigenvalue weighted by Gasteiger charge is 2.09. The van der Waals surface area contributed by atoms with Crippen LogP contribution in [0.4, 0.5) is 13.2 Å². The third kappa shape index (κ3) is 3.30. The monoisotopic (exact) mass is 282 g/mol. The number of benzene rings is 2. The Balaban J connectivity index is 2.07. The van der Waals surface area contributed by atoms with Crippen LogP contribution < -0.4 is 4.74 Å². The lowest BCUT2D eigenvalue weighted by molar-refractivity contribution is 0.194. The summed E-state index contributed by atoms with van der Waals surface area (Å²) in [6.45, 7) is 1.45. The molecule has 0 radical (unpaired) electrons. The molecular formula is C15H13F3O2. The number of hydrogen-bond donors (Lipinski definition) is 1. The Bertz CT molecular complexity index is 612. The molecule has 0 saturated carbocycles. The molecule has 2 rings (SSSR count). The van der Waals surface area contributed by atoms with Crippen molar-refractivity contribution in [3.05, 3.63) is 65.0 Å². The van der Waals surface area contributed by atoms with Crippen molar-refractivity contribution >= 4 is 0 Å². The minimum atomic E-state index is -0.957. The average molecular weight is 282 g/mol. The highest BCUT2D eigenvalue weighted by molar-refractivity contribution is 5.30. The van der Waals surface area contributed by atoms with Gasteiger partial charge in [-0.1, -0.05) is 6.07 Å². The van der Waals surface area contributed by atoms with E-state index in [9.17, 15) is 18.3 Å². The summed E-state index contributed by atoms with van der Waals surface area (Å²) in [6, 6.07) is 7.48. The van der Waals surface area contributed by atoms with Gasteiger partial charge in [-0.05, 0) is 36.8 Å². The minimum absolute atomic E-state index is 0.00926. The predicted octanol–water partition coefficient (Wildman–Crippen LogP) is 3.74. The smallest absolute Gasteiger partial charge is 0.159 e. The van der Waals surface area contributed by atoms with Gasteiger partial charge in [-0.25, -0.2) is 13.2 Å². The van der Waals surface area contributed by atoms with Gasteiger partial charge in [-0.2, -0.15) is 0 Å². The molecule has 0 fully saturated rings. The van der Waals surface area contributed by atoms with E-state index in [-0.39, 0.29) is 17.9 Å². The fourth-order valence-corrected chi connectivity index (χ4v) is 1.73. The molecule has 5 heteroatoms. The fraction of sp³-hybridized carbons (Fsp3) is 0.200. The van der Waals surface area contributed by atoms with E-state index in [4.69, 9.17) is 4.74 Å². The lowest BCUT2D eigenvalue weighted by Crippen LogP contribution is -2.00. The summed E-state index contributed by atoms with van der Waals surface area (Å²) in [4.78, 5) is 0. The molecule has 1 N–H and O–H groups in total. The summed E-state index contributed by atoms with van der Waals surface area (Å²) < 4.78 is 44.6. The van der Waals surface area contributed by atoms with Gasteiger partial charge in [0.1, 0.15) is 18.2 Å². The molecule has 0 spiro atoms. The van der Waals surface area contributed by atoms with Gasteiger partial charge in [0.05, 0.1) is 6.10 Å². The Hall–Kier alpha value is -2.01. The van der Waals surface area contributed by atoms with E-state index in [1.807, 2.05) is 0 Å². The van der Waals surface area contributed by atoms with Crippen LogP contribution in [-0.2, 0) is 6.61 Å². The molecule has 0 aliphatic rings. The molecule has 106 valence electrons. The Morgan fingerprint density at radius 3 is 2.35 bits per heavy atom. The molecule has 0 amide bonds. The van der Waals surface area contributed by atoms with Crippen LogP contribution in [0.25, 0.3) is 0 Å². The molecule has 2 aromatic carbocycles. The third-order valence-corrected chi connectivity index (χ3v) is 2.81. The highest BCUT2D eigenvalue weighted by Crippen LogP contribution is 2.22. The Labute approximate surface area is 114 Å². The van der Waals surface area contributed by atoms with Crippen molar-refractivity contribution in [3.63, 3.8) is 0 Å². The van der Waals surface area contributed by atoms with Gasteiger partial charge in [-0.15, -0.1) is 0 Å². The minimum Gasteiger partial charge on any atom is -0.489 e. The van der Waals surface area contributed by atoms with Crippen molar-refractivity contribution in [1.82, 2.24) is 0 Å². The molecule has 0 aliphatic heterocycles. The third-order valence-electron chi connectivity index (χ3n) is 2.81. The van der Waals surface area contributed by atoms with Crippen LogP contribution in [0, 0.1) is 17.5 Å². The zero-order chi connectivity index (χ0) is 14.7. The maximum Gasteiger partial charge on any atom is 0.159 e. The number of halogens is 3. The summed E-state index contributed by atoms with van der Waals surface area (Å²) in [5.74, 6) is -2.22. The van der Waals surface area contributed by atoms with Gasteiger partial charge in [-0.3, -0.25) is 0 Å². The van der Waals surface area contributed by atoms with Gasteiger partial charge in [0.15, 0.2) is 11.6 Å². The van der Waals surface area contributed by atoms with E-state index in [0.29, 0.717) is 5.56 Å². The Morgan fingerprint density at radius 2 is 1.75 bits per heavy atom. The predicted molar refractivity (Wildman–Crippen MR) is 67.7 cm³/mol. The quantitative estimate of drug-likeness (QED) is 0.925. The molecule has 0 unspecified atom stereocenters. The first-order valence-corrected chi connectivity index (χ1v) is 6.01. The van der Waals surface area contributed by atoms with Crippen LogP contribution in [0.15, 0.2) is 36.4 Å². The Morgan fingerprint density at radius 1 is 1.00 bits per heavy atom. The van der Waals surface area contributed by atoms with Crippen LogP contribution >= 0.6 is 0 Å². The lowest BCUT2D eigenvalue weighted by Gasteiger charge is -2.10. The largest absolute Gasteiger partial charge is 0.489 e. The first-order chi connectivity index (χ1) is 9.47. The number of aliphatic hydroxyl groups is 1. The fourth-order valence-electron chi connectivity index (χ4n) is 1.73. The van der Waals surface area contributed by atoms with Crippen molar-refractivity contribution in [3.8, 4) is 5.75 Å². The first kappa shape index (κ1) is 14.4. The van der Waals surface area contributed by atoms with Gasteiger partial charge in [0.25, 0.3) is 0 Å². The van der Waals surface area contributed by atoms with Crippen molar-refractivity contribution in [2.45, 2.75) is 19.6 Å². The second kappa shape index (κ2) is 5.96. The second-order valence-electron chi connectivity index (χ2n) is 4.40. The van der Waals surface area contributed by atoms with E-state index < -0.39 is 23.6 Å². The lowest BCUT2D eigenvalue weighted by atomic mass is 10.1. The molecule has 2 nitrogen and oxygen atoms in total.